The van der Waals surface area contributed by atoms with Crippen molar-refractivity contribution in [1.29, 1.82) is 0 Å². The van der Waals surface area contributed by atoms with Gasteiger partial charge < -0.3 is 19.0 Å². The second-order valence-corrected chi connectivity index (χ2v) is 4.10. The highest BCUT2D eigenvalue weighted by Gasteiger charge is 2.17. The third-order valence-electron chi connectivity index (χ3n) is 2.63. The highest BCUT2D eigenvalue weighted by atomic mass is 35.5. The van der Waals surface area contributed by atoms with Crippen LogP contribution in [-0.4, -0.2) is 19.3 Å². The minimum Gasteiger partial charge on any atom is -0.493 e. The molecule has 0 radical (unpaired) electrons. The van der Waals surface area contributed by atoms with Crippen molar-refractivity contribution in [2.24, 2.45) is 0 Å². The van der Waals surface area contributed by atoms with Crippen molar-refractivity contribution >= 4 is 11.6 Å². The Morgan fingerprint density at radius 2 is 2.00 bits per heavy atom. The first-order valence-electron chi connectivity index (χ1n) is 5.29. The van der Waals surface area contributed by atoms with Crippen LogP contribution in [0.2, 0.25) is 5.02 Å². The van der Waals surface area contributed by atoms with Gasteiger partial charge in [0.1, 0.15) is 6.10 Å². The fraction of sp³-hybridized carbons (Fsp3) is 0.231. The average molecular weight is 269 g/mol. The van der Waals surface area contributed by atoms with E-state index in [2.05, 4.69) is 0 Å². The molecule has 0 spiro atoms. The van der Waals surface area contributed by atoms with E-state index in [1.807, 2.05) is 0 Å². The van der Waals surface area contributed by atoms with Crippen LogP contribution in [0.15, 0.2) is 35.1 Å². The first-order valence-corrected chi connectivity index (χ1v) is 5.66. The second-order valence-electron chi connectivity index (χ2n) is 3.70. The maximum absolute atomic E-state index is 10.2. The van der Waals surface area contributed by atoms with Gasteiger partial charge in [-0.25, -0.2) is 0 Å². The van der Waals surface area contributed by atoms with Gasteiger partial charge in [0, 0.05) is 5.56 Å². The number of methoxy groups -OCH3 is 2. The van der Waals surface area contributed by atoms with Crippen molar-refractivity contribution < 1.29 is 19.0 Å². The van der Waals surface area contributed by atoms with E-state index in [0.29, 0.717) is 27.6 Å². The summed E-state index contributed by atoms with van der Waals surface area (Å²) in [4.78, 5) is 0. The molecule has 4 nitrogen and oxygen atoms in total. The smallest absolute Gasteiger partial charge is 0.179 e. The van der Waals surface area contributed by atoms with E-state index >= 15 is 0 Å². The lowest BCUT2D eigenvalue weighted by Gasteiger charge is -2.14. The van der Waals surface area contributed by atoms with Crippen LogP contribution in [0.25, 0.3) is 0 Å². The molecule has 0 aliphatic rings. The molecule has 1 aromatic heterocycles. The van der Waals surface area contributed by atoms with Crippen molar-refractivity contribution in [1.82, 2.24) is 0 Å². The number of furan rings is 1. The summed E-state index contributed by atoms with van der Waals surface area (Å²) in [5, 5.41) is 10.6. The fourth-order valence-corrected chi connectivity index (χ4v) is 2.02. The molecule has 0 amide bonds. The lowest BCUT2D eigenvalue weighted by molar-refractivity contribution is 0.218. The zero-order valence-electron chi connectivity index (χ0n) is 10.0. The summed E-state index contributed by atoms with van der Waals surface area (Å²) in [5.74, 6) is 0.921. The van der Waals surface area contributed by atoms with E-state index in [9.17, 15) is 5.11 Å². The zero-order chi connectivity index (χ0) is 13.1. The van der Waals surface area contributed by atoms with E-state index in [4.69, 9.17) is 25.5 Å². The Morgan fingerprint density at radius 3 is 2.56 bits per heavy atom. The molecule has 0 aliphatic heterocycles. The van der Waals surface area contributed by atoms with E-state index in [-0.39, 0.29) is 0 Å². The number of hydrogen-bond donors (Lipinski definition) is 1. The molecule has 1 atom stereocenters. The molecule has 5 heteroatoms. The second kappa shape index (κ2) is 5.33. The molecule has 0 saturated carbocycles. The van der Waals surface area contributed by atoms with Gasteiger partial charge in [0.25, 0.3) is 0 Å². The summed E-state index contributed by atoms with van der Waals surface area (Å²) in [5.41, 5.74) is 1.26. The molecular formula is C13H13ClO4. The van der Waals surface area contributed by atoms with Crippen molar-refractivity contribution in [2.75, 3.05) is 14.2 Å². The van der Waals surface area contributed by atoms with Crippen LogP contribution in [0.4, 0.5) is 0 Å². The zero-order valence-corrected chi connectivity index (χ0v) is 10.8. The van der Waals surface area contributed by atoms with Gasteiger partial charge in [-0.05, 0) is 23.8 Å². The Labute approximate surface area is 110 Å². The highest BCUT2D eigenvalue weighted by molar-refractivity contribution is 6.32. The van der Waals surface area contributed by atoms with Crippen molar-refractivity contribution in [2.45, 2.75) is 6.10 Å². The molecular weight excluding hydrogens is 256 g/mol. The van der Waals surface area contributed by atoms with Crippen LogP contribution in [0.5, 0.6) is 11.5 Å². The SMILES string of the molecule is COc1cc(C(O)c2ccoc2)cc(Cl)c1OC. The molecule has 1 N–H and O–H groups in total. The maximum atomic E-state index is 10.2. The predicted octanol–water partition coefficient (Wildman–Crippen LogP) is 3.03. The van der Waals surface area contributed by atoms with E-state index < -0.39 is 6.10 Å². The molecule has 2 rings (SSSR count). The van der Waals surface area contributed by atoms with E-state index in [1.54, 1.807) is 18.2 Å². The number of ether oxygens (including phenoxy) is 2. The Kier molecular flexibility index (Phi) is 3.79. The Hall–Kier alpha value is -1.65. The summed E-state index contributed by atoms with van der Waals surface area (Å²) in [6, 6.07) is 5.01. The van der Waals surface area contributed by atoms with Crippen molar-refractivity contribution in [3.05, 3.63) is 46.9 Å². The number of benzene rings is 1. The van der Waals surface area contributed by atoms with Gasteiger partial charge in [-0.3, -0.25) is 0 Å². The molecule has 0 saturated heterocycles. The van der Waals surface area contributed by atoms with Crippen LogP contribution < -0.4 is 9.47 Å². The van der Waals surface area contributed by atoms with Gasteiger partial charge in [-0.2, -0.15) is 0 Å². The van der Waals surface area contributed by atoms with Crippen LogP contribution in [0.1, 0.15) is 17.2 Å². The predicted molar refractivity (Wildman–Crippen MR) is 67.3 cm³/mol. The van der Waals surface area contributed by atoms with Crippen LogP contribution in [0.3, 0.4) is 0 Å². The Bertz CT molecular complexity index is 522. The highest BCUT2D eigenvalue weighted by Crippen LogP contribution is 2.38. The van der Waals surface area contributed by atoms with Crippen molar-refractivity contribution in [3.63, 3.8) is 0 Å². The molecule has 1 aromatic carbocycles. The molecule has 0 bridgehead atoms. The molecule has 1 unspecified atom stereocenters. The van der Waals surface area contributed by atoms with Gasteiger partial charge in [-0.1, -0.05) is 11.6 Å². The van der Waals surface area contributed by atoms with Gasteiger partial charge >= 0.3 is 0 Å². The van der Waals surface area contributed by atoms with Gasteiger partial charge in [0.05, 0.1) is 31.8 Å². The quantitative estimate of drug-likeness (QED) is 0.926. The molecule has 2 aromatic rings. The Balaban J connectivity index is 2.43. The third kappa shape index (κ3) is 2.30. The maximum Gasteiger partial charge on any atom is 0.179 e. The number of aliphatic hydroxyl groups excluding tert-OH is 1. The van der Waals surface area contributed by atoms with Crippen molar-refractivity contribution in [3.8, 4) is 11.5 Å². The third-order valence-corrected chi connectivity index (χ3v) is 2.91. The molecule has 96 valence electrons. The summed E-state index contributed by atoms with van der Waals surface area (Å²) in [7, 11) is 3.03. The molecule has 0 aliphatic carbocycles. The molecule has 0 fully saturated rings. The number of hydrogen-bond acceptors (Lipinski definition) is 4. The fourth-order valence-electron chi connectivity index (χ4n) is 1.72. The monoisotopic (exact) mass is 268 g/mol. The van der Waals surface area contributed by atoms with E-state index in [0.717, 1.165) is 0 Å². The van der Waals surface area contributed by atoms with Gasteiger partial charge in [0.15, 0.2) is 11.5 Å². The largest absolute Gasteiger partial charge is 0.493 e. The Morgan fingerprint density at radius 1 is 1.22 bits per heavy atom. The van der Waals surface area contributed by atoms with Crippen LogP contribution in [-0.2, 0) is 0 Å². The minimum atomic E-state index is -0.818. The topological polar surface area (TPSA) is 51.8 Å². The summed E-state index contributed by atoms with van der Waals surface area (Å²) >= 11 is 6.08. The lowest BCUT2D eigenvalue weighted by atomic mass is 10.0. The first kappa shape index (κ1) is 12.8. The summed E-state index contributed by atoms with van der Waals surface area (Å²) in [6.45, 7) is 0. The van der Waals surface area contributed by atoms with Gasteiger partial charge in [-0.15, -0.1) is 0 Å². The summed E-state index contributed by atoms with van der Waals surface area (Å²) in [6.07, 6.45) is 2.16. The molecule has 1 heterocycles. The van der Waals surface area contributed by atoms with Crippen LogP contribution in [0, 0.1) is 0 Å². The average Bonchev–Trinajstić information content (AvgIpc) is 2.90. The van der Waals surface area contributed by atoms with E-state index in [1.165, 1.54) is 26.7 Å². The van der Waals surface area contributed by atoms with Crippen LogP contribution >= 0.6 is 11.6 Å². The number of halogens is 1. The number of aliphatic hydroxyl groups is 1. The lowest BCUT2D eigenvalue weighted by Crippen LogP contribution is -2.00. The molecule has 18 heavy (non-hydrogen) atoms. The summed E-state index contributed by atoms with van der Waals surface area (Å²) < 4.78 is 15.3. The normalized spacial score (nSPS) is 12.2. The first-order chi connectivity index (χ1) is 8.67. The minimum absolute atomic E-state index is 0.384. The standard InChI is InChI=1S/C13H13ClO4/c1-16-11-6-9(5-10(14)13(11)17-2)12(15)8-3-4-18-7-8/h3-7,12,15H,1-2H3. The number of rotatable bonds is 4. The van der Waals surface area contributed by atoms with Gasteiger partial charge in [0.2, 0.25) is 0 Å².